The average molecular weight is 330 g/mol. The van der Waals surface area contributed by atoms with Gasteiger partial charge in [-0.05, 0) is 92.4 Å². The molecule has 6 aliphatic carbocycles. The van der Waals surface area contributed by atoms with Crippen LogP contribution in [0.25, 0.3) is 0 Å². The quantitative estimate of drug-likeness (QED) is 0.769. The van der Waals surface area contributed by atoms with Gasteiger partial charge in [0.2, 0.25) is 0 Å². The maximum Gasteiger partial charge on any atom is 0.133 e. The van der Waals surface area contributed by atoms with E-state index >= 15 is 0 Å². The molecule has 4 atom stereocenters. The van der Waals surface area contributed by atoms with Gasteiger partial charge in [0.05, 0.1) is 11.9 Å². The minimum absolute atomic E-state index is 0.181. The number of hydrogen-bond acceptors (Lipinski definition) is 3. The molecule has 6 saturated carbocycles. The molecule has 0 aromatic rings. The molecule has 6 aliphatic rings. The Labute approximate surface area is 144 Å². The van der Waals surface area contributed by atoms with Gasteiger partial charge in [-0.1, -0.05) is 0 Å². The first kappa shape index (κ1) is 15.4. The predicted molar refractivity (Wildman–Crippen MR) is 91.3 cm³/mol. The molecular formula is C21H30O3. The van der Waals surface area contributed by atoms with Crippen molar-refractivity contribution < 1.29 is 15.0 Å². The molecule has 0 spiro atoms. The van der Waals surface area contributed by atoms with E-state index in [0.717, 1.165) is 24.2 Å². The molecule has 0 aromatic carbocycles. The van der Waals surface area contributed by atoms with E-state index in [9.17, 15) is 15.0 Å². The summed E-state index contributed by atoms with van der Waals surface area (Å²) in [7, 11) is 0. The van der Waals surface area contributed by atoms with Crippen LogP contribution in [0.3, 0.4) is 0 Å². The van der Waals surface area contributed by atoms with E-state index in [1.54, 1.807) is 0 Å². The van der Waals surface area contributed by atoms with Crippen LogP contribution in [0.4, 0.5) is 0 Å². The maximum atomic E-state index is 11.7. The van der Waals surface area contributed by atoms with Crippen molar-refractivity contribution in [1.82, 2.24) is 0 Å². The van der Waals surface area contributed by atoms with Gasteiger partial charge in [0.15, 0.2) is 0 Å². The van der Waals surface area contributed by atoms with Crippen LogP contribution in [0.5, 0.6) is 0 Å². The second kappa shape index (κ2) is 5.33. The molecule has 0 unspecified atom stereocenters. The first-order chi connectivity index (χ1) is 11.5. The zero-order chi connectivity index (χ0) is 16.5. The Morgan fingerprint density at radius 3 is 2.29 bits per heavy atom. The van der Waals surface area contributed by atoms with E-state index < -0.39 is 6.10 Å². The smallest absolute Gasteiger partial charge is 0.133 e. The lowest BCUT2D eigenvalue weighted by Gasteiger charge is -2.56. The molecular weight excluding hydrogens is 300 g/mol. The van der Waals surface area contributed by atoms with Gasteiger partial charge in [0, 0.05) is 18.8 Å². The van der Waals surface area contributed by atoms with Crippen molar-refractivity contribution in [2.45, 2.75) is 70.3 Å². The van der Waals surface area contributed by atoms with E-state index in [0.29, 0.717) is 42.1 Å². The highest BCUT2D eigenvalue weighted by atomic mass is 16.3. The van der Waals surface area contributed by atoms with Gasteiger partial charge in [0.1, 0.15) is 5.78 Å². The van der Waals surface area contributed by atoms with Crippen LogP contribution in [0.1, 0.15) is 64.2 Å². The largest absolute Gasteiger partial charge is 0.512 e. The molecule has 0 heterocycles. The first-order valence-corrected chi connectivity index (χ1v) is 10.1. The molecule has 0 aliphatic heterocycles. The van der Waals surface area contributed by atoms with Crippen LogP contribution in [-0.4, -0.2) is 22.1 Å². The Kier molecular flexibility index (Phi) is 3.43. The Morgan fingerprint density at radius 2 is 1.67 bits per heavy atom. The zero-order valence-electron chi connectivity index (χ0n) is 14.5. The Bertz CT molecular complexity index is 542. The van der Waals surface area contributed by atoms with Crippen LogP contribution in [0.2, 0.25) is 0 Å². The number of carbonyl (C=O) groups is 1. The van der Waals surface area contributed by atoms with E-state index in [1.807, 2.05) is 6.08 Å². The van der Waals surface area contributed by atoms with E-state index in [-0.39, 0.29) is 11.8 Å². The summed E-state index contributed by atoms with van der Waals surface area (Å²) in [6.45, 7) is 0. The van der Waals surface area contributed by atoms with Crippen molar-refractivity contribution in [2.24, 2.45) is 40.9 Å². The topological polar surface area (TPSA) is 57.5 Å². The van der Waals surface area contributed by atoms with Crippen LogP contribution in [-0.2, 0) is 4.79 Å². The summed E-state index contributed by atoms with van der Waals surface area (Å²) in [4.78, 5) is 11.7. The number of rotatable bonds is 3. The van der Waals surface area contributed by atoms with Crippen molar-refractivity contribution in [3.8, 4) is 0 Å². The molecule has 3 nitrogen and oxygen atoms in total. The van der Waals surface area contributed by atoms with E-state index in [4.69, 9.17) is 0 Å². The zero-order valence-corrected chi connectivity index (χ0v) is 14.5. The third-order valence-electron chi connectivity index (χ3n) is 8.23. The highest BCUT2D eigenvalue weighted by molar-refractivity contribution is 5.81. The van der Waals surface area contributed by atoms with E-state index in [1.165, 1.54) is 38.5 Å². The van der Waals surface area contributed by atoms with Crippen LogP contribution >= 0.6 is 0 Å². The monoisotopic (exact) mass is 330 g/mol. The number of aliphatic hydroxyl groups excluding tert-OH is 2. The van der Waals surface area contributed by atoms with Gasteiger partial charge in [-0.2, -0.15) is 0 Å². The van der Waals surface area contributed by atoms with Gasteiger partial charge in [-0.15, -0.1) is 0 Å². The van der Waals surface area contributed by atoms with Crippen molar-refractivity contribution in [1.29, 1.82) is 0 Å². The average Bonchev–Trinajstić information content (AvgIpc) is 2.98. The van der Waals surface area contributed by atoms with E-state index in [2.05, 4.69) is 0 Å². The van der Waals surface area contributed by atoms with Gasteiger partial charge in [-0.3, -0.25) is 4.79 Å². The summed E-state index contributed by atoms with van der Waals surface area (Å²) in [5.74, 6) is 3.79. The SMILES string of the molecule is O=C1C[C@@H]2C[C@@H](O)[C@H](C(O)=CCC34CC5CC(CC(C5)C3)C4)[C@@H]2C1. The minimum Gasteiger partial charge on any atom is -0.512 e. The van der Waals surface area contributed by atoms with Gasteiger partial charge < -0.3 is 10.2 Å². The number of Topliss-reactive ketones (excluding diaryl/α,β-unsaturated/α-hetero) is 1. The maximum absolute atomic E-state index is 11.7. The molecule has 4 bridgehead atoms. The lowest BCUT2D eigenvalue weighted by atomic mass is 9.49. The lowest BCUT2D eigenvalue weighted by molar-refractivity contribution is -0.118. The summed E-state index contributed by atoms with van der Waals surface area (Å²) in [5, 5.41) is 21.1. The molecule has 6 fully saturated rings. The molecule has 24 heavy (non-hydrogen) atoms. The molecule has 132 valence electrons. The molecule has 0 saturated heterocycles. The standard InChI is InChI=1S/C21H30O3/c22-16-6-15-7-19(24)20(17(15)8-16)18(23)1-2-21-9-12-3-13(10-21)5-14(4-12)11-21/h1,12-15,17,19-20,23-24H,2-11H2/t12?,13?,14?,15-,17-,19-,20+,21?/m1/s1. The number of carbonyl (C=O) groups excluding carboxylic acids is 1. The predicted octanol–water partition coefficient (Wildman–Crippen LogP) is 4.01. The Hall–Kier alpha value is -0.830. The molecule has 3 heteroatoms. The second-order valence-corrected chi connectivity index (χ2v) is 9.95. The third kappa shape index (κ3) is 2.38. The number of hydrogen-bond donors (Lipinski definition) is 2. The highest BCUT2D eigenvalue weighted by Crippen LogP contribution is 2.61. The lowest BCUT2D eigenvalue weighted by Crippen LogP contribution is -2.45. The molecule has 6 rings (SSSR count). The fraction of sp³-hybridized carbons (Fsp3) is 0.857. The molecule has 0 radical (unpaired) electrons. The minimum atomic E-state index is -0.458. The van der Waals surface area contributed by atoms with Crippen LogP contribution < -0.4 is 0 Å². The van der Waals surface area contributed by atoms with Crippen LogP contribution in [0.15, 0.2) is 11.8 Å². The first-order valence-electron chi connectivity index (χ1n) is 10.1. The second-order valence-electron chi connectivity index (χ2n) is 9.95. The number of aliphatic hydroxyl groups is 2. The summed E-state index contributed by atoms with van der Waals surface area (Å²) in [5.41, 5.74) is 0.428. The normalized spacial score (nSPS) is 53.0. The van der Waals surface area contributed by atoms with Gasteiger partial charge in [0.25, 0.3) is 0 Å². The summed E-state index contributed by atoms with van der Waals surface area (Å²) in [6.07, 6.45) is 12.8. The van der Waals surface area contributed by atoms with Crippen molar-refractivity contribution in [3.05, 3.63) is 11.8 Å². The van der Waals surface area contributed by atoms with Gasteiger partial charge >= 0.3 is 0 Å². The summed E-state index contributed by atoms with van der Waals surface area (Å²) in [6, 6.07) is 0. The fourth-order valence-corrected chi connectivity index (χ4v) is 7.79. The summed E-state index contributed by atoms with van der Waals surface area (Å²) >= 11 is 0. The molecule has 0 amide bonds. The Morgan fingerprint density at radius 1 is 1.04 bits per heavy atom. The molecule has 0 aromatic heterocycles. The highest BCUT2D eigenvalue weighted by Gasteiger charge is 2.51. The number of fused-ring (bicyclic) bond motifs is 1. The number of ketones is 1. The molecule has 2 N–H and O–H groups in total. The number of allylic oxidation sites excluding steroid dienone is 1. The third-order valence-corrected chi connectivity index (χ3v) is 8.23. The Balaban J connectivity index is 1.32. The van der Waals surface area contributed by atoms with Gasteiger partial charge in [-0.25, -0.2) is 0 Å². The fourth-order valence-electron chi connectivity index (χ4n) is 7.79. The van der Waals surface area contributed by atoms with Crippen LogP contribution in [0, 0.1) is 40.9 Å². The van der Waals surface area contributed by atoms with Crippen molar-refractivity contribution in [3.63, 3.8) is 0 Å². The summed E-state index contributed by atoms with van der Waals surface area (Å²) < 4.78 is 0. The van der Waals surface area contributed by atoms with Crippen molar-refractivity contribution in [2.75, 3.05) is 0 Å². The van der Waals surface area contributed by atoms with Crippen molar-refractivity contribution >= 4 is 5.78 Å².